The number of piperidine rings is 1. The molecule has 1 aliphatic rings. The van der Waals surface area contributed by atoms with Crippen LogP contribution in [0, 0.1) is 5.92 Å². The summed E-state index contributed by atoms with van der Waals surface area (Å²) in [7, 11) is 0. The van der Waals surface area contributed by atoms with E-state index in [-0.39, 0.29) is 6.61 Å². The first-order valence-electron chi connectivity index (χ1n) is 6.77. The van der Waals surface area contributed by atoms with Gasteiger partial charge in [-0.2, -0.15) is 0 Å². The molecule has 16 heavy (non-hydrogen) atoms. The molecular weight excluding hydrogens is 200 g/mol. The van der Waals surface area contributed by atoms with Crippen LogP contribution < -0.4 is 5.32 Å². The summed E-state index contributed by atoms with van der Waals surface area (Å²) in [6, 6.07) is 1.14. The number of nitrogens with one attached hydrogen (secondary N) is 1. The molecule has 0 spiro atoms. The molecule has 1 saturated heterocycles. The largest absolute Gasteiger partial charge is 0.396 e. The van der Waals surface area contributed by atoms with Gasteiger partial charge >= 0.3 is 0 Å². The van der Waals surface area contributed by atoms with E-state index in [2.05, 4.69) is 31.0 Å². The van der Waals surface area contributed by atoms with Crippen LogP contribution in [0.3, 0.4) is 0 Å². The van der Waals surface area contributed by atoms with Gasteiger partial charge in [0.2, 0.25) is 0 Å². The minimum atomic E-state index is 0.287. The lowest BCUT2D eigenvalue weighted by atomic mass is 9.91. The summed E-state index contributed by atoms with van der Waals surface area (Å²) in [6.45, 7) is 10.4. The zero-order valence-electron chi connectivity index (χ0n) is 11.1. The Hall–Kier alpha value is -0.120. The van der Waals surface area contributed by atoms with Crippen molar-refractivity contribution in [1.29, 1.82) is 0 Å². The maximum absolute atomic E-state index is 9.05. The molecule has 3 atom stereocenters. The Morgan fingerprint density at radius 2 is 2.19 bits per heavy atom. The molecule has 0 radical (unpaired) electrons. The summed E-state index contributed by atoms with van der Waals surface area (Å²) in [5.74, 6) is 0.810. The van der Waals surface area contributed by atoms with Gasteiger partial charge < -0.3 is 10.4 Å². The van der Waals surface area contributed by atoms with E-state index < -0.39 is 0 Å². The van der Waals surface area contributed by atoms with Crippen LogP contribution in [-0.4, -0.2) is 48.3 Å². The zero-order valence-corrected chi connectivity index (χ0v) is 11.1. The average Bonchev–Trinajstić information content (AvgIpc) is 2.25. The Morgan fingerprint density at radius 1 is 1.44 bits per heavy atom. The Kier molecular flexibility index (Phi) is 6.32. The third kappa shape index (κ3) is 4.04. The highest BCUT2D eigenvalue weighted by atomic mass is 16.3. The SMILES string of the molecule is CCNC(CCO)CN1CCCC(C)C1C. The van der Waals surface area contributed by atoms with Crippen LogP contribution in [0.15, 0.2) is 0 Å². The van der Waals surface area contributed by atoms with Crippen LogP contribution in [-0.2, 0) is 0 Å². The summed E-state index contributed by atoms with van der Waals surface area (Å²) in [6.07, 6.45) is 3.55. The van der Waals surface area contributed by atoms with Crippen molar-refractivity contribution in [2.75, 3.05) is 26.2 Å². The molecule has 1 heterocycles. The third-order valence-electron chi connectivity index (χ3n) is 3.93. The second kappa shape index (κ2) is 7.25. The van der Waals surface area contributed by atoms with Crippen LogP contribution in [0.4, 0.5) is 0 Å². The Bertz CT molecular complexity index is 181. The standard InChI is InChI=1S/C13H28N2O/c1-4-14-13(7-9-16)10-15-8-5-6-11(2)12(15)3/h11-14,16H,4-10H2,1-3H3. The summed E-state index contributed by atoms with van der Waals surface area (Å²) in [5, 5.41) is 12.5. The van der Waals surface area contributed by atoms with E-state index in [1.54, 1.807) is 0 Å². The van der Waals surface area contributed by atoms with Crippen molar-refractivity contribution in [2.24, 2.45) is 5.92 Å². The summed E-state index contributed by atoms with van der Waals surface area (Å²) >= 11 is 0. The number of likely N-dealkylation sites (tertiary alicyclic amines) is 1. The normalized spacial score (nSPS) is 29.2. The molecule has 0 amide bonds. The topological polar surface area (TPSA) is 35.5 Å². The molecule has 0 aliphatic carbocycles. The quantitative estimate of drug-likeness (QED) is 0.722. The lowest BCUT2D eigenvalue weighted by Crippen LogP contribution is -2.49. The van der Waals surface area contributed by atoms with Gasteiger partial charge in [0.05, 0.1) is 0 Å². The summed E-state index contributed by atoms with van der Waals surface area (Å²) < 4.78 is 0. The van der Waals surface area contributed by atoms with Crippen LogP contribution in [0.5, 0.6) is 0 Å². The molecule has 1 aliphatic heterocycles. The van der Waals surface area contributed by atoms with E-state index in [1.165, 1.54) is 19.4 Å². The lowest BCUT2D eigenvalue weighted by molar-refractivity contribution is 0.0969. The van der Waals surface area contributed by atoms with Crippen LogP contribution in [0.1, 0.15) is 40.0 Å². The number of hydrogen-bond acceptors (Lipinski definition) is 3. The highest BCUT2D eigenvalue weighted by Gasteiger charge is 2.26. The van der Waals surface area contributed by atoms with E-state index in [9.17, 15) is 0 Å². The molecule has 0 aromatic rings. The van der Waals surface area contributed by atoms with Gasteiger partial charge in [-0.3, -0.25) is 4.90 Å². The van der Waals surface area contributed by atoms with Crippen molar-refractivity contribution in [3.8, 4) is 0 Å². The molecule has 0 aromatic heterocycles. The van der Waals surface area contributed by atoms with Crippen molar-refractivity contribution in [3.63, 3.8) is 0 Å². The molecule has 0 saturated carbocycles. The van der Waals surface area contributed by atoms with E-state index >= 15 is 0 Å². The van der Waals surface area contributed by atoms with Gasteiger partial charge in [-0.15, -0.1) is 0 Å². The van der Waals surface area contributed by atoms with E-state index in [0.717, 1.165) is 25.4 Å². The minimum absolute atomic E-state index is 0.287. The number of nitrogens with zero attached hydrogens (tertiary/aromatic N) is 1. The predicted molar refractivity (Wildman–Crippen MR) is 68.6 cm³/mol. The first kappa shape index (κ1) is 13.9. The van der Waals surface area contributed by atoms with Gasteiger partial charge in [-0.1, -0.05) is 13.8 Å². The van der Waals surface area contributed by atoms with Gasteiger partial charge in [0, 0.05) is 25.2 Å². The van der Waals surface area contributed by atoms with Crippen molar-refractivity contribution in [1.82, 2.24) is 10.2 Å². The number of rotatable bonds is 6. The van der Waals surface area contributed by atoms with Gasteiger partial charge in [0.15, 0.2) is 0 Å². The maximum Gasteiger partial charge on any atom is 0.0446 e. The highest BCUT2D eigenvalue weighted by Crippen LogP contribution is 2.22. The fraction of sp³-hybridized carbons (Fsp3) is 1.00. The Balaban J connectivity index is 2.42. The van der Waals surface area contributed by atoms with E-state index in [0.29, 0.717) is 12.1 Å². The summed E-state index contributed by atoms with van der Waals surface area (Å²) in [4.78, 5) is 2.58. The molecule has 96 valence electrons. The lowest BCUT2D eigenvalue weighted by Gasteiger charge is -2.39. The number of aliphatic hydroxyl groups is 1. The predicted octanol–water partition coefficient (Wildman–Crippen LogP) is 1.47. The average molecular weight is 228 g/mol. The van der Waals surface area contributed by atoms with Crippen molar-refractivity contribution in [2.45, 2.75) is 52.1 Å². The maximum atomic E-state index is 9.05. The molecule has 2 N–H and O–H groups in total. The molecule has 3 heteroatoms. The molecule has 1 rings (SSSR count). The first-order valence-corrected chi connectivity index (χ1v) is 6.77. The van der Waals surface area contributed by atoms with Crippen molar-refractivity contribution in [3.05, 3.63) is 0 Å². The highest BCUT2D eigenvalue weighted by molar-refractivity contribution is 4.82. The minimum Gasteiger partial charge on any atom is -0.396 e. The molecule has 0 aromatic carbocycles. The van der Waals surface area contributed by atoms with Crippen LogP contribution >= 0.6 is 0 Å². The van der Waals surface area contributed by atoms with Crippen molar-refractivity contribution < 1.29 is 5.11 Å². The Morgan fingerprint density at radius 3 is 2.81 bits per heavy atom. The van der Waals surface area contributed by atoms with Gasteiger partial charge in [0.1, 0.15) is 0 Å². The number of likely N-dealkylation sites (N-methyl/N-ethyl adjacent to an activating group) is 1. The molecule has 1 fully saturated rings. The fourth-order valence-electron chi connectivity index (χ4n) is 2.66. The number of aliphatic hydroxyl groups excluding tert-OH is 1. The molecule has 0 bridgehead atoms. The van der Waals surface area contributed by atoms with E-state index in [4.69, 9.17) is 5.11 Å². The van der Waals surface area contributed by atoms with Crippen LogP contribution in [0.2, 0.25) is 0 Å². The van der Waals surface area contributed by atoms with Gasteiger partial charge in [-0.05, 0) is 45.2 Å². The Labute approximate surface area is 100 Å². The first-order chi connectivity index (χ1) is 7.69. The van der Waals surface area contributed by atoms with Gasteiger partial charge in [-0.25, -0.2) is 0 Å². The zero-order chi connectivity index (χ0) is 12.0. The second-order valence-corrected chi connectivity index (χ2v) is 5.12. The monoisotopic (exact) mass is 228 g/mol. The van der Waals surface area contributed by atoms with E-state index in [1.807, 2.05) is 0 Å². The third-order valence-corrected chi connectivity index (χ3v) is 3.93. The van der Waals surface area contributed by atoms with Crippen molar-refractivity contribution >= 4 is 0 Å². The number of hydrogen-bond donors (Lipinski definition) is 2. The second-order valence-electron chi connectivity index (χ2n) is 5.12. The molecular formula is C13H28N2O. The molecule has 3 unspecified atom stereocenters. The molecule has 3 nitrogen and oxygen atoms in total. The fourth-order valence-corrected chi connectivity index (χ4v) is 2.66. The summed E-state index contributed by atoms with van der Waals surface area (Å²) in [5.41, 5.74) is 0. The van der Waals surface area contributed by atoms with Gasteiger partial charge in [0.25, 0.3) is 0 Å². The smallest absolute Gasteiger partial charge is 0.0446 e. The van der Waals surface area contributed by atoms with Crippen LogP contribution in [0.25, 0.3) is 0 Å².